The molecule has 1 heterocycles. The fourth-order valence-electron chi connectivity index (χ4n) is 0.577. The molecule has 0 spiro atoms. The fourth-order valence-corrected chi connectivity index (χ4v) is 0.577. The van der Waals surface area contributed by atoms with Crippen molar-refractivity contribution in [3.63, 3.8) is 0 Å². The van der Waals surface area contributed by atoms with Crippen LogP contribution in [0, 0.1) is 11.3 Å². The quantitative estimate of drug-likeness (QED) is 0.563. The van der Waals surface area contributed by atoms with Gasteiger partial charge in [0.25, 0.3) is 5.95 Å². The molecule has 56 valence electrons. The van der Waals surface area contributed by atoms with E-state index >= 15 is 0 Å². The van der Waals surface area contributed by atoms with Gasteiger partial charge in [0.05, 0.1) is 0 Å². The van der Waals surface area contributed by atoms with E-state index in [2.05, 4.69) is 4.74 Å². The molecule has 0 radical (unpaired) electrons. The largest absolute Gasteiger partial charge is 0.414 e. The summed E-state index contributed by atoms with van der Waals surface area (Å²) in [6.07, 6.45) is 0. The monoisotopic (exact) mass is 151 g/mol. The molecule has 0 atom stereocenters. The van der Waals surface area contributed by atoms with Gasteiger partial charge in [0, 0.05) is 13.0 Å². The van der Waals surface area contributed by atoms with Crippen molar-refractivity contribution in [1.29, 1.82) is 5.26 Å². The van der Waals surface area contributed by atoms with Crippen LogP contribution in [0.25, 0.3) is 0 Å². The second-order valence-corrected chi connectivity index (χ2v) is 1.82. The Hall–Kier alpha value is -1.76. The first-order valence-electron chi connectivity index (χ1n) is 2.90. The van der Waals surface area contributed by atoms with Gasteiger partial charge in [0.1, 0.15) is 6.07 Å². The molecule has 0 saturated carbocycles. The molecule has 1 rings (SSSR count). The second-order valence-electron chi connectivity index (χ2n) is 1.82. The standard InChI is InChI=1S/C7H5NO3/c1-5(9)10-7-3-2-6(4-8)11-7/h2-3H,1H3. The summed E-state index contributed by atoms with van der Waals surface area (Å²) in [5.41, 5.74) is 0. The van der Waals surface area contributed by atoms with Gasteiger partial charge in [-0.05, 0) is 6.07 Å². The number of furan rings is 1. The smallest absolute Gasteiger partial charge is 0.310 e. The van der Waals surface area contributed by atoms with Gasteiger partial charge in [-0.3, -0.25) is 4.79 Å². The SMILES string of the molecule is CC(=O)Oc1ccc(C#N)o1. The van der Waals surface area contributed by atoms with Crippen LogP contribution in [0.3, 0.4) is 0 Å². The Morgan fingerprint density at radius 2 is 2.45 bits per heavy atom. The van der Waals surface area contributed by atoms with E-state index in [0.29, 0.717) is 0 Å². The summed E-state index contributed by atoms with van der Waals surface area (Å²) in [6, 6.07) is 4.61. The van der Waals surface area contributed by atoms with Crippen LogP contribution < -0.4 is 4.74 Å². The van der Waals surface area contributed by atoms with E-state index in [4.69, 9.17) is 9.68 Å². The Bertz CT molecular complexity index is 308. The zero-order valence-electron chi connectivity index (χ0n) is 5.83. The number of esters is 1. The highest BCUT2D eigenvalue weighted by molar-refractivity contribution is 5.68. The van der Waals surface area contributed by atoms with Gasteiger partial charge in [-0.25, -0.2) is 0 Å². The van der Waals surface area contributed by atoms with Crippen molar-refractivity contribution in [2.75, 3.05) is 0 Å². The van der Waals surface area contributed by atoms with Crippen molar-refractivity contribution in [3.8, 4) is 12.0 Å². The fraction of sp³-hybridized carbons (Fsp3) is 0.143. The molecule has 0 amide bonds. The molecule has 0 aromatic carbocycles. The number of hydrogen-bond donors (Lipinski definition) is 0. The molecule has 0 saturated heterocycles. The van der Waals surface area contributed by atoms with Gasteiger partial charge in [0.2, 0.25) is 5.76 Å². The Kier molecular flexibility index (Phi) is 1.93. The number of carbonyl (C=O) groups is 1. The molecular weight excluding hydrogens is 146 g/mol. The predicted octanol–water partition coefficient (Wildman–Crippen LogP) is 1.08. The first-order valence-corrected chi connectivity index (χ1v) is 2.90. The zero-order chi connectivity index (χ0) is 8.27. The van der Waals surface area contributed by atoms with E-state index in [9.17, 15) is 4.79 Å². The number of nitrogens with zero attached hydrogens (tertiary/aromatic N) is 1. The summed E-state index contributed by atoms with van der Waals surface area (Å²) in [7, 11) is 0. The van der Waals surface area contributed by atoms with Crippen LogP contribution in [0.1, 0.15) is 12.7 Å². The number of carbonyl (C=O) groups excluding carboxylic acids is 1. The maximum absolute atomic E-state index is 10.3. The molecule has 11 heavy (non-hydrogen) atoms. The average Bonchev–Trinajstić information content (AvgIpc) is 2.34. The highest BCUT2D eigenvalue weighted by Crippen LogP contribution is 2.14. The van der Waals surface area contributed by atoms with Crippen molar-refractivity contribution in [3.05, 3.63) is 17.9 Å². The molecule has 0 aliphatic heterocycles. The van der Waals surface area contributed by atoms with Gasteiger partial charge in [-0.1, -0.05) is 0 Å². The third-order valence-corrected chi connectivity index (χ3v) is 0.936. The molecule has 0 bridgehead atoms. The van der Waals surface area contributed by atoms with Crippen molar-refractivity contribution >= 4 is 5.97 Å². The Morgan fingerprint density at radius 1 is 1.73 bits per heavy atom. The summed E-state index contributed by atoms with van der Waals surface area (Å²) >= 11 is 0. The summed E-state index contributed by atoms with van der Waals surface area (Å²) in [6.45, 7) is 1.26. The normalized spacial score (nSPS) is 8.73. The van der Waals surface area contributed by atoms with Crippen LogP contribution in [-0.4, -0.2) is 5.97 Å². The Morgan fingerprint density at radius 3 is 2.91 bits per heavy atom. The number of nitriles is 1. The van der Waals surface area contributed by atoms with Gasteiger partial charge in [-0.2, -0.15) is 5.26 Å². The number of rotatable bonds is 1. The summed E-state index contributed by atoms with van der Waals surface area (Å²) < 4.78 is 9.28. The molecule has 0 N–H and O–H groups in total. The van der Waals surface area contributed by atoms with Crippen molar-refractivity contribution in [1.82, 2.24) is 0 Å². The maximum atomic E-state index is 10.3. The van der Waals surface area contributed by atoms with Crippen LogP contribution in [0.2, 0.25) is 0 Å². The van der Waals surface area contributed by atoms with Crippen molar-refractivity contribution < 1.29 is 13.9 Å². The predicted molar refractivity (Wildman–Crippen MR) is 34.7 cm³/mol. The summed E-state index contributed by atoms with van der Waals surface area (Å²) in [5, 5.41) is 8.30. The van der Waals surface area contributed by atoms with E-state index in [1.165, 1.54) is 19.1 Å². The van der Waals surface area contributed by atoms with Crippen LogP contribution in [0.5, 0.6) is 5.95 Å². The molecule has 0 aliphatic carbocycles. The first kappa shape index (κ1) is 7.35. The lowest BCUT2D eigenvalue weighted by Crippen LogP contribution is -1.99. The van der Waals surface area contributed by atoms with E-state index in [0.717, 1.165) is 0 Å². The number of hydrogen-bond acceptors (Lipinski definition) is 4. The number of ether oxygens (including phenoxy) is 1. The third kappa shape index (κ3) is 1.83. The highest BCUT2D eigenvalue weighted by atomic mass is 16.6. The van der Waals surface area contributed by atoms with Crippen molar-refractivity contribution in [2.24, 2.45) is 0 Å². The molecule has 4 heteroatoms. The molecule has 0 fully saturated rings. The molecule has 1 aromatic rings. The van der Waals surface area contributed by atoms with Crippen LogP contribution in [0.4, 0.5) is 0 Å². The lowest BCUT2D eigenvalue weighted by molar-refractivity contribution is -0.133. The molecular formula is C7H5NO3. The van der Waals surface area contributed by atoms with Gasteiger partial charge >= 0.3 is 5.97 Å². The minimum atomic E-state index is -0.469. The summed E-state index contributed by atoms with van der Waals surface area (Å²) in [4.78, 5) is 10.3. The van der Waals surface area contributed by atoms with E-state index < -0.39 is 5.97 Å². The van der Waals surface area contributed by atoms with Gasteiger partial charge < -0.3 is 9.15 Å². The average molecular weight is 151 g/mol. The van der Waals surface area contributed by atoms with Crippen molar-refractivity contribution in [2.45, 2.75) is 6.92 Å². The minimum absolute atomic E-state index is 0.0500. The van der Waals surface area contributed by atoms with Crippen LogP contribution >= 0.6 is 0 Å². The van der Waals surface area contributed by atoms with E-state index in [1.807, 2.05) is 0 Å². The minimum Gasteiger partial charge on any atom is -0.414 e. The maximum Gasteiger partial charge on any atom is 0.310 e. The Balaban J connectivity index is 2.75. The van der Waals surface area contributed by atoms with Gasteiger partial charge in [0.15, 0.2) is 0 Å². The molecule has 0 aliphatic rings. The van der Waals surface area contributed by atoms with E-state index in [1.54, 1.807) is 6.07 Å². The lowest BCUT2D eigenvalue weighted by atomic mass is 10.5. The van der Waals surface area contributed by atoms with Gasteiger partial charge in [-0.15, -0.1) is 0 Å². The van der Waals surface area contributed by atoms with Crippen LogP contribution in [-0.2, 0) is 4.79 Å². The van der Waals surface area contributed by atoms with E-state index in [-0.39, 0.29) is 11.7 Å². The Labute approximate surface area is 63.0 Å². The molecule has 1 aromatic heterocycles. The lowest BCUT2D eigenvalue weighted by Gasteiger charge is -1.91. The second kappa shape index (κ2) is 2.88. The van der Waals surface area contributed by atoms with Crippen LogP contribution in [0.15, 0.2) is 16.5 Å². The first-order chi connectivity index (χ1) is 5.22. The molecule has 4 nitrogen and oxygen atoms in total. The molecule has 0 unspecified atom stereocenters. The third-order valence-electron chi connectivity index (χ3n) is 0.936. The summed E-state index contributed by atoms with van der Waals surface area (Å²) in [5.74, 6) is -0.292. The topological polar surface area (TPSA) is 63.2 Å². The highest BCUT2D eigenvalue weighted by Gasteiger charge is 2.03. The zero-order valence-corrected chi connectivity index (χ0v) is 5.83.